The molecule has 5 nitrogen and oxygen atoms in total. The molecule has 0 unspecified atom stereocenters. The van der Waals surface area contributed by atoms with Crippen LogP contribution in [0.15, 0.2) is 58.8 Å². The third-order valence-corrected chi connectivity index (χ3v) is 6.19. The van der Waals surface area contributed by atoms with Crippen molar-refractivity contribution < 1.29 is 14.3 Å². The summed E-state index contributed by atoms with van der Waals surface area (Å²) in [5.74, 6) is 3.25. The number of hydrogen-bond acceptors (Lipinski definition) is 5. The van der Waals surface area contributed by atoms with Crippen LogP contribution < -0.4 is 4.74 Å². The minimum Gasteiger partial charge on any atom is -0.494 e. The van der Waals surface area contributed by atoms with Crippen molar-refractivity contribution in [2.45, 2.75) is 96.8 Å². The van der Waals surface area contributed by atoms with Gasteiger partial charge < -0.3 is 9.47 Å². The molecule has 0 spiro atoms. The molecule has 0 aliphatic carbocycles. The van der Waals surface area contributed by atoms with E-state index in [2.05, 4.69) is 23.1 Å². The number of esters is 1. The predicted molar refractivity (Wildman–Crippen MR) is 152 cm³/mol. The number of ether oxygens (including phenoxy) is 2. The van der Waals surface area contributed by atoms with Gasteiger partial charge in [0.05, 0.1) is 30.2 Å². The van der Waals surface area contributed by atoms with E-state index in [9.17, 15) is 4.79 Å². The molecule has 2 aromatic carbocycles. The minimum absolute atomic E-state index is 0.288. The van der Waals surface area contributed by atoms with E-state index in [0.717, 1.165) is 50.1 Å². The largest absolute Gasteiger partial charge is 0.494 e. The highest BCUT2D eigenvalue weighted by atomic mass is 16.5. The molecule has 0 radical (unpaired) electrons. The van der Waals surface area contributed by atoms with Crippen molar-refractivity contribution in [3.8, 4) is 18.1 Å². The first-order valence-corrected chi connectivity index (χ1v) is 14.1. The molecule has 200 valence electrons. The second-order valence-corrected chi connectivity index (χ2v) is 9.42. The maximum absolute atomic E-state index is 12.2. The Morgan fingerprint density at radius 1 is 0.703 bits per heavy atom. The first kappa shape index (κ1) is 30.1. The third kappa shape index (κ3) is 14.3. The van der Waals surface area contributed by atoms with Gasteiger partial charge in [-0.1, -0.05) is 71.1 Å². The highest BCUT2D eigenvalue weighted by Crippen LogP contribution is 2.22. The monoisotopic (exact) mass is 504 g/mol. The van der Waals surface area contributed by atoms with Gasteiger partial charge in [-0.2, -0.15) is 10.2 Å². The number of nitrogens with zero attached hydrogens (tertiary/aromatic N) is 2. The fourth-order valence-electron chi connectivity index (χ4n) is 3.92. The maximum Gasteiger partial charge on any atom is 0.338 e. The first-order valence-electron chi connectivity index (χ1n) is 14.1. The van der Waals surface area contributed by atoms with Crippen LogP contribution in [0.5, 0.6) is 5.75 Å². The topological polar surface area (TPSA) is 60.2 Å². The molecule has 5 heteroatoms. The van der Waals surface area contributed by atoms with Crippen LogP contribution >= 0.6 is 0 Å². The van der Waals surface area contributed by atoms with Crippen LogP contribution in [0.3, 0.4) is 0 Å². The molecule has 0 amide bonds. The standard InChI is InChI=1S/C32H44N2O3/c1-3-5-7-9-11-12-13-15-16-26-36-31-24-22-30(23-25-31)34-33-29-20-18-28(19-21-29)32(35)37-27-17-14-10-8-6-4-2/h1,18-25H,4-17,26-27H2,2H3. The number of carbonyl (C=O) groups excluding carboxylic acids is 1. The number of hydrogen-bond donors (Lipinski definition) is 0. The van der Waals surface area contributed by atoms with Crippen LogP contribution in [0, 0.1) is 12.3 Å². The molecule has 0 saturated carbocycles. The Kier molecular flexibility index (Phi) is 16.3. The average Bonchev–Trinajstić information content (AvgIpc) is 2.93. The lowest BCUT2D eigenvalue weighted by atomic mass is 10.1. The summed E-state index contributed by atoms with van der Waals surface area (Å²) in [7, 11) is 0. The summed E-state index contributed by atoms with van der Waals surface area (Å²) in [5, 5.41) is 8.55. The Labute approximate surface area is 224 Å². The van der Waals surface area contributed by atoms with Gasteiger partial charge in [0.2, 0.25) is 0 Å². The van der Waals surface area contributed by atoms with Gasteiger partial charge in [0.15, 0.2) is 0 Å². The molecule has 2 aromatic rings. The number of benzene rings is 2. The second kappa shape index (κ2) is 20.0. The van der Waals surface area contributed by atoms with Crippen LogP contribution in [-0.2, 0) is 4.74 Å². The third-order valence-electron chi connectivity index (χ3n) is 6.19. The van der Waals surface area contributed by atoms with Crippen molar-refractivity contribution in [2.75, 3.05) is 13.2 Å². The fourth-order valence-corrected chi connectivity index (χ4v) is 3.92. The Balaban J connectivity index is 1.61. The molecule has 0 fully saturated rings. The van der Waals surface area contributed by atoms with Crippen molar-refractivity contribution in [1.82, 2.24) is 0 Å². The summed E-state index contributed by atoms with van der Waals surface area (Å²) in [6.07, 6.45) is 21.6. The van der Waals surface area contributed by atoms with Crippen molar-refractivity contribution in [3.05, 3.63) is 54.1 Å². The van der Waals surface area contributed by atoms with Crippen LogP contribution in [0.1, 0.15) is 107 Å². The lowest BCUT2D eigenvalue weighted by molar-refractivity contribution is 0.0497. The van der Waals surface area contributed by atoms with E-state index >= 15 is 0 Å². The van der Waals surface area contributed by atoms with Crippen molar-refractivity contribution in [3.63, 3.8) is 0 Å². The smallest absolute Gasteiger partial charge is 0.338 e. The molecule has 0 N–H and O–H groups in total. The van der Waals surface area contributed by atoms with E-state index in [0.29, 0.717) is 17.9 Å². The van der Waals surface area contributed by atoms with E-state index in [-0.39, 0.29) is 5.97 Å². The Morgan fingerprint density at radius 3 is 1.81 bits per heavy atom. The number of azo groups is 1. The normalized spacial score (nSPS) is 10.9. The van der Waals surface area contributed by atoms with Crippen LogP contribution in [0.25, 0.3) is 0 Å². The average molecular weight is 505 g/mol. The zero-order valence-corrected chi connectivity index (χ0v) is 22.6. The summed E-state index contributed by atoms with van der Waals surface area (Å²) in [5.41, 5.74) is 1.97. The van der Waals surface area contributed by atoms with Gasteiger partial charge in [0, 0.05) is 6.42 Å². The molecule has 0 saturated heterocycles. The highest BCUT2D eigenvalue weighted by Gasteiger charge is 2.06. The lowest BCUT2D eigenvalue weighted by Crippen LogP contribution is -2.06. The van der Waals surface area contributed by atoms with Crippen molar-refractivity contribution in [1.29, 1.82) is 0 Å². The molecule has 0 aromatic heterocycles. The molecule has 2 rings (SSSR count). The molecule has 0 atom stereocenters. The maximum atomic E-state index is 12.2. The summed E-state index contributed by atoms with van der Waals surface area (Å²) < 4.78 is 11.2. The quantitative estimate of drug-likeness (QED) is 0.0780. The second-order valence-electron chi connectivity index (χ2n) is 9.42. The summed E-state index contributed by atoms with van der Waals surface area (Å²) in [4.78, 5) is 12.2. The Bertz CT molecular complexity index is 930. The van der Waals surface area contributed by atoms with Crippen molar-refractivity contribution in [2.24, 2.45) is 10.2 Å². The highest BCUT2D eigenvalue weighted by molar-refractivity contribution is 5.89. The summed E-state index contributed by atoms with van der Waals surface area (Å²) >= 11 is 0. The predicted octanol–water partition coefficient (Wildman–Crippen LogP) is 9.75. The van der Waals surface area contributed by atoms with Crippen LogP contribution in [0.4, 0.5) is 11.4 Å². The lowest BCUT2D eigenvalue weighted by Gasteiger charge is -2.06. The molecule has 0 bridgehead atoms. The minimum atomic E-state index is -0.288. The fraction of sp³-hybridized carbons (Fsp3) is 0.531. The van der Waals surface area contributed by atoms with Gasteiger partial charge in [0.1, 0.15) is 5.75 Å². The van der Waals surface area contributed by atoms with E-state index < -0.39 is 0 Å². The van der Waals surface area contributed by atoms with E-state index in [1.807, 2.05) is 24.3 Å². The molecule has 0 aliphatic rings. The molecular formula is C32H44N2O3. The number of terminal acetylenes is 1. The van der Waals surface area contributed by atoms with E-state index in [1.54, 1.807) is 24.3 Å². The number of unbranched alkanes of at least 4 members (excludes halogenated alkanes) is 12. The Morgan fingerprint density at radius 2 is 1.22 bits per heavy atom. The van der Waals surface area contributed by atoms with Crippen LogP contribution in [-0.4, -0.2) is 19.2 Å². The van der Waals surface area contributed by atoms with Gasteiger partial charge in [-0.05, 0) is 67.8 Å². The van der Waals surface area contributed by atoms with Crippen LogP contribution in [0.2, 0.25) is 0 Å². The SMILES string of the molecule is C#CCCCCCCCCCOc1ccc(N=Nc2ccc(C(=O)OCCCCCCCC)cc2)cc1. The van der Waals surface area contributed by atoms with Gasteiger partial charge in [-0.25, -0.2) is 4.79 Å². The van der Waals surface area contributed by atoms with Gasteiger partial charge in [-0.15, -0.1) is 12.3 Å². The molecular weight excluding hydrogens is 460 g/mol. The molecule has 0 aliphatic heterocycles. The van der Waals surface area contributed by atoms with E-state index in [1.165, 1.54) is 57.8 Å². The summed E-state index contributed by atoms with van der Waals surface area (Å²) in [6, 6.07) is 14.6. The van der Waals surface area contributed by atoms with Crippen molar-refractivity contribution >= 4 is 17.3 Å². The van der Waals surface area contributed by atoms with E-state index in [4.69, 9.17) is 15.9 Å². The number of carbonyl (C=O) groups is 1. The van der Waals surface area contributed by atoms with Gasteiger partial charge >= 0.3 is 5.97 Å². The summed E-state index contributed by atoms with van der Waals surface area (Å²) in [6.45, 7) is 3.41. The molecule has 0 heterocycles. The van der Waals surface area contributed by atoms with Gasteiger partial charge in [-0.3, -0.25) is 0 Å². The first-order chi connectivity index (χ1) is 18.2. The zero-order valence-electron chi connectivity index (χ0n) is 22.6. The van der Waals surface area contributed by atoms with Gasteiger partial charge in [0.25, 0.3) is 0 Å². The zero-order chi connectivity index (χ0) is 26.4. The molecule has 37 heavy (non-hydrogen) atoms. The number of rotatable bonds is 20. The Hall–Kier alpha value is -3.13.